The zero-order valence-electron chi connectivity index (χ0n) is 9.61. The Hall–Kier alpha value is -0.820. The van der Waals surface area contributed by atoms with Crippen molar-refractivity contribution < 1.29 is 5.21 Å². The van der Waals surface area contributed by atoms with E-state index >= 15 is 0 Å². The molecule has 0 radical (unpaired) electrons. The Kier molecular flexibility index (Phi) is 4.83. The summed E-state index contributed by atoms with van der Waals surface area (Å²) in [4.78, 5) is 2.33. The highest BCUT2D eigenvalue weighted by Crippen LogP contribution is 2.11. The van der Waals surface area contributed by atoms with Crippen LogP contribution in [0.3, 0.4) is 0 Å². The molecule has 84 valence electrons. The van der Waals surface area contributed by atoms with Gasteiger partial charge in [0.1, 0.15) is 0 Å². The second kappa shape index (κ2) is 5.92. The lowest BCUT2D eigenvalue weighted by Crippen LogP contribution is -2.48. The van der Waals surface area contributed by atoms with E-state index in [2.05, 4.69) is 30.7 Å². The first kappa shape index (κ1) is 12.3. The average Bonchev–Trinajstić information content (AvgIpc) is 2.17. The Morgan fingerprint density at radius 2 is 2.00 bits per heavy atom. The quantitative estimate of drug-likeness (QED) is 0.560. The lowest BCUT2D eigenvalue weighted by molar-refractivity contribution is -0.120. The maximum Gasteiger partial charge on any atom is 0.0391 e. The van der Waals surface area contributed by atoms with Crippen LogP contribution in [0.5, 0.6) is 0 Å². The van der Waals surface area contributed by atoms with Crippen molar-refractivity contribution in [3.05, 3.63) is 11.6 Å². The zero-order valence-corrected chi connectivity index (χ0v) is 9.61. The molecule has 3 nitrogen and oxygen atoms in total. The van der Waals surface area contributed by atoms with E-state index in [1.54, 1.807) is 0 Å². The predicted molar refractivity (Wildman–Crippen MR) is 61.6 cm³/mol. The van der Waals surface area contributed by atoms with Gasteiger partial charge in [-0.3, -0.25) is 4.90 Å². The van der Waals surface area contributed by atoms with Gasteiger partial charge >= 0.3 is 0 Å². The summed E-state index contributed by atoms with van der Waals surface area (Å²) in [6, 6.07) is 0.327. The molecule has 0 aromatic heterocycles. The van der Waals surface area contributed by atoms with Gasteiger partial charge in [0.05, 0.1) is 0 Å². The summed E-state index contributed by atoms with van der Waals surface area (Å²) in [6.07, 6.45) is 8.34. The molecule has 1 atom stereocenters. The second-order valence-corrected chi connectivity index (χ2v) is 4.21. The van der Waals surface area contributed by atoms with Crippen LogP contribution in [0.2, 0.25) is 0 Å². The van der Waals surface area contributed by atoms with Gasteiger partial charge in [-0.05, 0) is 13.8 Å². The molecule has 1 heterocycles. The van der Waals surface area contributed by atoms with Gasteiger partial charge < -0.3 is 5.21 Å². The lowest BCUT2D eigenvalue weighted by Gasteiger charge is -2.35. The van der Waals surface area contributed by atoms with Crippen LogP contribution in [0.4, 0.5) is 0 Å². The minimum Gasteiger partial charge on any atom is -0.314 e. The molecule has 0 spiro atoms. The fourth-order valence-electron chi connectivity index (χ4n) is 1.84. The molecule has 0 saturated carbocycles. The second-order valence-electron chi connectivity index (χ2n) is 4.21. The number of hydrogen-bond donors (Lipinski definition) is 1. The summed E-state index contributed by atoms with van der Waals surface area (Å²) < 4.78 is 0. The van der Waals surface area contributed by atoms with Crippen LogP contribution in [-0.4, -0.2) is 47.4 Å². The molecule has 1 unspecified atom stereocenters. The Balaban J connectivity index is 2.57. The summed E-state index contributed by atoms with van der Waals surface area (Å²) in [5, 5.41) is 10.6. The normalized spacial score (nSPS) is 20.7. The largest absolute Gasteiger partial charge is 0.314 e. The number of hydroxylamine groups is 2. The third-order valence-electron chi connectivity index (χ3n) is 2.61. The number of nitrogens with zero attached hydrogens (tertiary/aromatic N) is 2. The molecule has 1 fully saturated rings. The van der Waals surface area contributed by atoms with Gasteiger partial charge in [-0.25, -0.2) is 0 Å². The summed E-state index contributed by atoms with van der Waals surface area (Å²) in [5.41, 5.74) is 1.29. The molecule has 1 aliphatic rings. The SMILES string of the molecule is C#CCC(C=C(C)C)N1CCN(O)CC1. The summed E-state index contributed by atoms with van der Waals surface area (Å²) in [6.45, 7) is 7.35. The number of terminal acetylenes is 1. The molecule has 1 rings (SSSR count). The van der Waals surface area contributed by atoms with Crippen LogP contribution in [-0.2, 0) is 0 Å². The molecule has 0 aliphatic carbocycles. The molecule has 1 aliphatic heterocycles. The highest BCUT2D eigenvalue weighted by molar-refractivity contribution is 5.06. The van der Waals surface area contributed by atoms with Crippen LogP contribution >= 0.6 is 0 Å². The minimum atomic E-state index is 0.327. The summed E-state index contributed by atoms with van der Waals surface area (Å²) in [7, 11) is 0. The summed E-state index contributed by atoms with van der Waals surface area (Å²) >= 11 is 0. The molecule has 0 bridgehead atoms. The highest BCUT2D eigenvalue weighted by Gasteiger charge is 2.20. The van der Waals surface area contributed by atoms with Gasteiger partial charge in [0.2, 0.25) is 0 Å². The molecular formula is C12H20N2O. The number of allylic oxidation sites excluding steroid dienone is 1. The Labute approximate surface area is 92.3 Å². The third-order valence-corrected chi connectivity index (χ3v) is 2.61. The monoisotopic (exact) mass is 208 g/mol. The molecule has 3 heteroatoms. The van der Waals surface area contributed by atoms with Crippen molar-refractivity contribution in [2.24, 2.45) is 0 Å². The van der Waals surface area contributed by atoms with Crippen molar-refractivity contribution in [1.29, 1.82) is 0 Å². The van der Waals surface area contributed by atoms with Crippen LogP contribution < -0.4 is 0 Å². The van der Waals surface area contributed by atoms with E-state index in [0.29, 0.717) is 19.1 Å². The van der Waals surface area contributed by atoms with Gasteiger partial charge in [0.25, 0.3) is 0 Å². The lowest BCUT2D eigenvalue weighted by atomic mass is 10.1. The van der Waals surface area contributed by atoms with E-state index in [1.807, 2.05) is 0 Å². The molecule has 0 aromatic carbocycles. The molecule has 0 amide bonds. The van der Waals surface area contributed by atoms with E-state index in [4.69, 9.17) is 6.42 Å². The number of hydrogen-bond acceptors (Lipinski definition) is 3. The van der Waals surface area contributed by atoms with Crippen molar-refractivity contribution in [2.75, 3.05) is 26.2 Å². The first-order valence-electron chi connectivity index (χ1n) is 5.40. The number of rotatable bonds is 3. The van der Waals surface area contributed by atoms with Crippen LogP contribution in [0.1, 0.15) is 20.3 Å². The molecular weight excluding hydrogens is 188 g/mol. The zero-order chi connectivity index (χ0) is 11.3. The van der Waals surface area contributed by atoms with Crippen molar-refractivity contribution in [1.82, 2.24) is 9.96 Å². The predicted octanol–water partition coefficient (Wildman–Crippen LogP) is 1.35. The average molecular weight is 208 g/mol. The number of piperazine rings is 1. The van der Waals surface area contributed by atoms with Gasteiger partial charge in [0, 0.05) is 38.6 Å². The maximum atomic E-state index is 9.27. The van der Waals surface area contributed by atoms with Crippen LogP contribution in [0, 0.1) is 12.3 Å². The first-order chi connectivity index (χ1) is 7.13. The van der Waals surface area contributed by atoms with Crippen LogP contribution in [0.15, 0.2) is 11.6 Å². The van der Waals surface area contributed by atoms with Crippen molar-refractivity contribution in [3.8, 4) is 12.3 Å². The Morgan fingerprint density at radius 1 is 1.40 bits per heavy atom. The molecule has 15 heavy (non-hydrogen) atoms. The summed E-state index contributed by atoms with van der Waals surface area (Å²) in [5.74, 6) is 2.72. The standard InChI is InChI=1S/C12H20N2O/c1-4-5-12(10-11(2)3)13-6-8-14(15)9-7-13/h1,10,12,15H,5-9H2,2-3H3. The fraction of sp³-hybridized carbons (Fsp3) is 0.667. The van der Waals surface area contributed by atoms with Gasteiger partial charge in [-0.1, -0.05) is 11.6 Å². The van der Waals surface area contributed by atoms with Crippen molar-refractivity contribution in [2.45, 2.75) is 26.3 Å². The first-order valence-corrected chi connectivity index (χ1v) is 5.40. The van der Waals surface area contributed by atoms with Crippen molar-refractivity contribution in [3.63, 3.8) is 0 Å². The van der Waals surface area contributed by atoms with Crippen LogP contribution in [0.25, 0.3) is 0 Å². The van der Waals surface area contributed by atoms with E-state index < -0.39 is 0 Å². The molecule has 0 aromatic rings. The van der Waals surface area contributed by atoms with E-state index in [0.717, 1.165) is 19.5 Å². The van der Waals surface area contributed by atoms with E-state index in [9.17, 15) is 5.21 Å². The Bertz CT molecular complexity index is 255. The third kappa shape index (κ3) is 4.05. The minimum absolute atomic E-state index is 0.327. The highest BCUT2D eigenvalue weighted by atomic mass is 16.5. The smallest absolute Gasteiger partial charge is 0.0391 e. The maximum absolute atomic E-state index is 9.27. The van der Waals surface area contributed by atoms with Gasteiger partial charge in [0.15, 0.2) is 0 Å². The van der Waals surface area contributed by atoms with E-state index in [-0.39, 0.29) is 0 Å². The topological polar surface area (TPSA) is 26.7 Å². The molecule has 1 saturated heterocycles. The Morgan fingerprint density at radius 3 is 2.47 bits per heavy atom. The van der Waals surface area contributed by atoms with Crippen molar-refractivity contribution >= 4 is 0 Å². The fourth-order valence-corrected chi connectivity index (χ4v) is 1.84. The van der Waals surface area contributed by atoms with E-state index in [1.165, 1.54) is 10.6 Å². The van der Waals surface area contributed by atoms with Gasteiger partial charge in [-0.2, -0.15) is 5.06 Å². The van der Waals surface area contributed by atoms with Gasteiger partial charge in [-0.15, -0.1) is 12.3 Å². The molecule has 1 N–H and O–H groups in total.